The van der Waals surface area contributed by atoms with E-state index in [1.54, 1.807) is 0 Å². The number of hydrogen-bond donors (Lipinski definition) is 1. The zero-order chi connectivity index (χ0) is 13.9. The van der Waals surface area contributed by atoms with Crippen LogP contribution in [0.4, 0.5) is 0 Å². The summed E-state index contributed by atoms with van der Waals surface area (Å²) in [6.45, 7) is 5.14. The fraction of sp³-hybridized carbons (Fsp3) is 0.769. The third-order valence-electron chi connectivity index (χ3n) is 4.02. The minimum atomic E-state index is -0.728. The molecule has 0 spiro atoms. The molecule has 0 radical (unpaired) electrons. The number of morpholine rings is 1. The first kappa shape index (κ1) is 13.5. The smallest absolute Gasteiger partial charge is 0.307 e. The Morgan fingerprint density at radius 2 is 2.15 bits per heavy atom. The first-order chi connectivity index (χ1) is 9.72. The molecule has 2 aliphatic rings. The fourth-order valence-corrected chi connectivity index (χ4v) is 2.76. The maximum atomic E-state index is 11.0. The number of aryl methyl sites for hydroxylation is 1. The summed E-state index contributed by atoms with van der Waals surface area (Å²) in [5.74, 6) is 0.617. The highest BCUT2D eigenvalue weighted by molar-refractivity contribution is 5.70. The second kappa shape index (κ2) is 5.88. The van der Waals surface area contributed by atoms with Crippen LogP contribution in [-0.4, -0.2) is 63.6 Å². The lowest BCUT2D eigenvalue weighted by molar-refractivity contribution is -0.142. The van der Waals surface area contributed by atoms with Crippen molar-refractivity contribution in [3.05, 3.63) is 11.6 Å². The third kappa shape index (κ3) is 2.99. The van der Waals surface area contributed by atoms with E-state index in [0.29, 0.717) is 19.4 Å². The number of ether oxygens (including phenoxy) is 1. The van der Waals surface area contributed by atoms with E-state index in [2.05, 4.69) is 15.0 Å². The van der Waals surface area contributed by atoms with Crippen LogP contribution in [-0.2, 0) is 28.9 Å². The predicted octanol–water partition coefficient (Wildman–Crippen LogP) is -0.200. The maximum absolute atomic E-state index is 11.0. The van der Waals surface area contributed by atoms with Gasteiger partial charge in [-0.3, -0.25) is 9.69 Å². The monoisotopic (exact) mass is 280 g/mol. The molecule has 0 amide bonds. The van der Waals surface area contributed by atoms with Gasteiger partial charge in [0.1, 0.15) is 5.82 Å². The predicted molar refractivity (Wildman–Crippen MR) is 70.4 cm³/mol. The summed E-state index contributed by atoms with van der Waals surface area (Å²) < 4.78 is 7.19. The van der Waals surface area contributed by atoms with Gasteiger partial charge in [-0.15, -0.1) is 0 Å². The molecule has 1 aromatic heterocycles. The van der Waals surface area contributed by atoms with Crippen LogP contribution in [0.25, 0.3) is 0 Å². The fourth-order valence-electron chi connectivity index (χ4n) is 2.76. The highest BCUT2D eigenvalue weighted by Gasteiger charge is 2.26. The summed E-state index contributed by atoms with van der Waals surface area (Å²) in [5, 5.41) is 13.6. The number of fused-ring (bicyclic) bond motifs is 1. The van der Waals surface area contributed by atoms with Gasteiger partial charge in [-0.05, 0) is 6.42 Å². The lowest BCUT2D eigenvalue weighted by Crippen LogP contribution is -2.37. The lowest BCUT2D eigenvalue weighted by Gasteiger charge is -2.25. The Bertz CT molecular complexity index is 482. The Kier molecular flexibility index (Phi) is 3.98. The van der Waals surface area contributed by atoms with E-state index in [0.717, 1.165) is 50.9 Å². The number of nitrogens with zero attached hydrogens (tertiary/aromatic N) is 4. The molecule has 2 aliphatic heterocycles. The molecule has 3 heterocycles. The molecule has 1 N–H and O–H groups in total. The van der Waals surface area contributed by atoms with Gasteiger partial charge >= 0.3 is 5.97 Å². The van der Waals surface area contributed by atoms with Crippen molar-refractivity contribution in [2.24, 2.45) is 5.92 Å². The van der Waals surface area contributed by atoms with Gasteiger partial charge in [-0.1, -0.05) is 0 Å². The van der Waals surface area contributed by atoms with Crippen molar-refractivity contribution in [3.63, 3.8) is 0 Å². The van der Waals surface area contributed by atoms with E-state index in [4.69, 9.17) is 9.84 Å². The molecule has 1 saturated heterocycles. The number of aliphatic carboxylic acids is 1. The topological polar surface area (TPSA) is 80.5 Å². The highest BCUT2D eigenvalue weighted by atomic mass is 16.5. The normalized spacial score (nSPS) is 23.5. The Morgan fingerprint density at radius 1 is 1.35 bits per heavy atom. The maximum Gasteiger partial charge on any atom is 0.307 e. The zero-order valence-electron chi connectivity index (χ0n) is 11.5. The molecule has 0 aliphatic carbocycles. The largest absolute Gasteiger partial charge is 0.481 e. The molecule has 1 atom stereocenters. The summed E-state index contributed by atoms with van der Waals surface area (Å²) in [7, 11) is 0. The summed E-state index contributed by atoms with van der Waals surface area (Å²) in [5.41, 5.74) is 0. The second-order valence-electron chi connectivity index (χ2n) is 5.40. The van der Waals surface area contributed by atoms with Gasteiger partial charge in [-0.25, -0.2) is 9.67 Å². The standard InChI is InChI=1S/C13H20N4O3/c18-13(19)10-1-4-17-12(9-10)14-11(15-17)2-3-16-5-7-20-8-6-16/h10H,1-9H2,(H,18,19). The first-order valence-electron chi connectivity index (χ1n) is 7.18. The molecule has 1 fully saturated rings. The molecule has 1 aromatic rings. The van der Waals surface area contributed by atoms with Crippen LogP contribution in [0.5, 0.6) is 0 Å². The summed E-state index contributed by atoms with van der Waals surface area (Å²) in [6.07, 6.45) is 1.96. The van der Waals surface area contributed by atoms with Gasteiger partial charge in [0.05, 0.1) is 19.1 Å². The van der Waals surface area contributed by atoms with Crippen molar-refractivity contribution in [1.82, 2.24) is 19.7 Å². The Labute approximate surface area is 117 Å². The Hall–Kier alpha value is -1.47. The molecule has 7 nitrogen and oxygen atoms in total. The summed E-state index contributed by atoms with van der Waals surface area (Å²) in [4.78, 5) is 17.9. The van der Waals surface area contributed by atoms with Crippen molar-refractivity contribution >= 4 is 5.97 Å². The van der Waals surface area contributed by atoms with Gasteiger partial charge in [0.25, 0.3) is 0 Å². The zero-order valence-corrected chi connectivity index (χ0v) is 11.5. The van der Waals surface area contributed by atoms with Crippen molar-refractivity contribution < 1.29 is 14.6 Å². The number of rotatable bonds is 4. The van der Waals surface area contributed by atoms with Crippen molar-refractivity contribution in [2.45, 2.75) is 25.8 Å². The van der Waals surface area contributed by atoms with Crippen LogP contribution in [0.2, 0.25) is 0 Å². The molecule has 0 aromatic carbocycles. The molecule has 110 valence electrons. The van der Waals surface area contributed by atoms with Crippen LogP contribution in [0, 0.1) is 5.92 Å². The third-order valence-corrected chi connectivity index (χ3v) is 4.02. The highest BCUT2D eigenvalue weighted by Crippen LogP contribution is 2.19. The molecular formula is C13H20N4O3. The van der Waals surface area contributed by atoms with Crippen LogP contribution < -0.4 is 0 Å². The number of carboxylic acids is 1. The minimum absolute atomic E-state index is 0.307. The number of carbonyl (C=O) groups is 1. The first-order valence-corrected chi connectivity index (χ1v) is 7.18. The van der Waals surface area contributed by atoms with E-state index >= 15 is 0 Å². The SMILES string of the molecule is O=C(O)C1CCn2nc(CCN3CCOCC3)nc2C1. The molecule has 0 bridgehead atoms. The van der Waals surface area contributed by atoms with Gasteiger partial charge in [-0.2, -0.15) is 5.10 Å². The number of carboxylic acid groups (broad SMARTS) is 1. The number of hydrogen-bond acceptors (Lipinski definition) is 5. The number of aromatic nitrogens is 3. The second-order valence-corrected chi connectivity index (χ2v) is 5.40. The molecule has 1 unspecified atom stereocenters. The van der Waals surface area contributed by atoms with Crippen molar-refractivity contribution in [1.29, 1.82) is 0 Å². The van der Waals surface area contributed by atoms with Crippen LogP contribution in [0.15, 0.2) is 0 Å². The van der Waals surface area contributed by atoms with Crippen LogP contribution in [0.1, 0.15) is 18.1 Å². The molecule has 20 heavy (non-hydrogen) atoms. The van der Waals surface area contributed by atoms with Gasteiger partial charge in [0.15, 0.2) is 5.82 Å². The van der Waals surface area contributed by atoms with Gasteiger partial charge < -0.3 is 9.84 Å². The van der Waals surface area contributed by atoms with E-state index in [1.807, 2.05) is 4.68 Å². The van der Waals surface area contributed by atoms with Crippen molar-refractivity contribution in [3.8, 4) is 0 Å². The molecule has 0 saturated carbocycles. The Balaban J connectivity index is 1.57. The molecule has 3 rings (SSSR count). The van der Waals surface area contributed by atoms with E-state index in [9.17, 15) is 4.79 Å². The summed E-state index contributed by atoms with van der Waals surface area (Å²) >= 11 is 0. The van der Waals surface area contributed by atoms with Crippen LogP contribution in [0.3, 0.4) is 0 Å². The van der Waals surface area contributed by atoms with Gasteiger partial charge in [0, 0.05) is 39.0 Å². The van der Waals surface area contributed by atoms with Crippen LogP contribution >= 0.6 is 0 Å². The molecular weight excluding hydrogens is 260 g/mol. The average Bonchev–Trinajstić information content (AvgIpc) is 2.88. The Morgan fingerprint density at radius 3 is 2.90 bits per heavy atom. The summed E-state index contributed by atoms with van der Waals surface area (Å²) in [6, 6.07) is 0. The molecule has 7 heteroatoms. The minimum Gasteiger partial charge on any atom is -0.481 e. The average molecular weight is 280 g/mol. The van der Waals surface area contributed by atoms with E-state index < -0.39 is 5.97 Å². The van der Waals surface area contributed by atoms with E-state index in [1.165, 1.54) is 0 Å². The lowest BCUT2D eigenvalue weighted by atomic mass is 9.98. The van der Waals surface area contributed by atoms with E-state index in [-0.39, 0.29) is 5.92 Å². The van der Waals surface area contributed by atoms with Gasteiger partial charge in [0.2, 0.25) is 0 Å². The van der Waals surface area contributed by atoms with Crippen molar-refractivity contribution in [2.75, 3.05) is 32.8 Å². The quantitative estimate of drug-likeness (QED) is 0.822.